The highest BCUT2D eigenvalue weighted by Crippen LogP contribution is 2.19. The third-order valence-electron chi connectivity index (χ3n) is 3.65. The van der Waals surface area contributed by atoms with Gasteiger partial charge in [0, 0.05) is 31.0 Å². The average Bonchev–Trinajstić information content (AvgIpc) is 2.47. The Kier molecular flexibility index (Phi) is 4.82. The van der Waals surface area contributed by atoms with Crippen LogP contribution in [-0.2, 0) is 6.54 Å². The van der Waals surface area contributed by atoms with Crippen LogP contribution in [0.25, 0.3) is 0 Å². The Balaban J connectivity index is 2.02. The van der Waals surface area contributed by atoms with E-state index in [1.807, 2.05) is 19.2 Å². The Hall–Kier alpha value is -1.78. The van der Waals surface area contributed by atoms with Crippen molar-refractivity contribution < 1.29 is 4.39 Å². The molecule has 4 heteroatoms. The molecule has 0 spiro atoms. The molecule has 2 rings (SSSR count). The minimum Gasteiger partial charge on any atom is -0.323 e. The van der Waals surface area contributed by atoms with Gasteiger partial charge in [-0.2, -0.15) is 0 Å². The van der Waals surface area contributed by atoms with E-state index < -0.39 is 0 Å². The zero-order chi connectivity index (χ0) is 14.5. The molecule has 0 aliphatic carbocycles. The molecule has 1 aromatic heterocycles. The molecule has 0 saturated heterocycles. The van der Waals surface area contributed by atoms with Gasteiger partial charge in [-0.25, -0.2) is 4.39 Å². The third-order valence-corrected chi connectivity index (χ3v) is 3.65. The monoisotopic (exact) mass is 273 g/mol. The summed E-state index contributed by atoms with van der Waals surface area (Å²) in [5.41, 5.74) is 8.41. The lowest BCUT2D eigenvalue weighted by molar-refractivity contribution is 0.219. The van der Waals surface area contributed by atoms with Crippen LogP contribution in [0.3, 0.4) is 0 Å². The van der Waals surface area contributed by atoms with Crippen LogP contribution < -0.4 is 5.73 Å². The highest BCUT2D eigenvalue weighted by atomic mass is 19.1. The standard InChI is InChI=1S/C16H20FN3/c1-12(16(18)14-3-5-15(17)6-4-14)20(2)11-13-7-9-19-10-8-13/h3-10,12,16H,11,18H2,1-2H3. The molecule has 106 valence electrons. The van der Waals surface area contributed by atoms with Gasteiger partial charge in [-0.05, 0) is 49.4 Å². The van der Waals surface area contributed by atoms with Crippen LogP contribution in [0, 0.1) is 5.82 Å². The maximum Gasteiger partial charge on any atom is 0.123 e. The summed E-state index contributed by atoms with van der Waals surface area (Å²) in [4.78, 5) is 6.19. The topological polar surface area (TPSA) is 42.1 Å². The summed E-state index contributed by atoms with van der Waals surface area (Å²) in [5.74, 6) is -0.237. The van der Waals surface area contributed by atoms with Gasteiger partial charge in [-0.3, -0.25) is 9.88 Å². The summed E-state index contributed by atoms with van der Waals surface area (Å²) in [7, 11) is 2.04. The lowest BCUT2D eigenvalue weighted by atomic mass is 10.00. The summed E-state index contributed by atoms with van der Waals surface area (Å²) in [6.07, 6.45) is 3.57. The van der Waals surface area contributed by atoms with Crippen molar-refractivity contribution in [2.24, 2.45) is 5.73 Å². The van der Waals surface area contributed by atoms with E-state index in [9.17, 15) is 4.39 Å². The van der Waals surface area contributed by atoms with Crippen molar-refractivity contribution >= 4 is 0 Å². The van der Waals surface area contributed by atoms with Gasteiger partial charge in [0.1, 0.15) is 5.82 Å². The maximum atomic E-state index is 12.9. The molecule has 1 heterocycles. The second-order valence-corrected chi connectivity index (χ2v) is 5.09. The molecule has 0 bridgehead atoms. The minimum absolute atomic E-state index is 0.147. The molecule has 0 fully saturated rings. The summed E-state index contributed by atoms with van der Waals surface area (Å²) in [6.45, 7) is 2.88. The van der Waals surface area contributed by atoms with Crippen LogP contribution in [-0.4, -0.2) is 23.0 Å². The number of likely N-dealkylation sites (N-methyl/N-ethyl adjacent to an activating group) is 1. The van der Waals surface area contributed by atoms with Crippen molar-refractivity contribution in [1.82, 2.24) is 9.88 Å². The van der Waals surface area contributed by atoms with Gasteiger partial charge in [-0.15, -0.1) is 0 Å². The molecule has 2 unspecified atom stereocenters. The van der Waals surface area contributed by atoms with Crippen LogP contribution in [0.2, 0.25) is 0 Å². The first-order chi connectivity index (χ1) is 9.58. The molecule has 3 nitrogen and oxygen atoms in total. The number of halogens is 1. The number of nitrogens with two attached hydrogens (primary N) is 1. The van der Waals surface area contributed by atoms with Crippen LogP contribution in [0.15, 0.2) is 48.8 Å². The Labute approximate surface area is 119 Å². The smallest absolute Gasteiger partial charge is 0.123 e. The van der Waals surface area contributed by atoms with E-state index in [4.69, 9.17) is 5.73 Å². The highest BCUT2D eigenvalue weighted by molar-refractivity contribution is 5.21. The van der Waals surface area contributed by atoms with Crippen molar-refractivity contribution in [2.45, 2.75) is 25.6 Å². The molecule has 0 radical (unpaired) electrons. The summed E-state index contributed by atoms with van der Waals surface area (Å²) in [6, 6.07) is 10.4. The predicted octanol–water partition coefficient (Wildman–Crippen LogP) is 2.74. The molecule has 0 aliphatic heterocycles. The van der Waals surface area contributed by atoms with E-state index in [1.54, 1.807) is 24.5 Å². The second-order valence-electron chi connectivity index (χ2n) is 5.09. The van der Waals surface area contributed by atoms with Crippen molar-refractivity contribution in [1.29, 1.82) is 0 Å². The Morgan fingerprint density at radius 1 is 1.15 bits per heavy atom. The van der Waals surface area contributed by atoms with Gasteiger partial charge in [0.2, 0.25) is 0 Å². The van der Waals surface area contributed by atoms with Crippen molar-refractivity contribution in [3.05, 3.63) is 65.7 Å². The van der Waals surface area contributed by atoms with Crippen LogP contribution in [0.4, 0.5) is 4.39 Å². The SMILES string of the molecule is CC(C(N)c1ccc(F)cc1)N(C)Cc1ccncc1. The van der Waals surface area contributed by atoms with Crippen LogP contribution in [0.5, 0.6) is 0 Å². The molecule has 0 aliphatic rings. The molecule has 1 aromatic carbocycles. The number of aromatic nitrogens is 1. The van der Waals surface area contributed by atoms with Gasteiger partial charge in [0.05, 0.1) is 0 Å². The number of pyridine rings is 1. The predicted molar refractivity (Wildman–Crippen MR) is 78.5 cm³/mol. The second kappa shape index (κ2) is 6.59. The van der Waals surface area contributed by atoms with Crippen molar-refractivity contribution in [2.75, 3.05) is 7.05 Å². The van der Waals surface area contributed by atoms with E-state index >= 15 is 0 Å². The lowest BCUT2D eigenvalue weighted by Crippen LogP contribution is -2.37. The summed E-state index contributed by atoms with van der Waals surface area (Å²) >= 11 is 0. The number of nitrogens with zero attached hydrogens (tertiary/aromatic N) is 2. The molecule has 2 atom stereocenters. The van der Waals surface area contributed by atoms with Crippen molar-refractivity contribution in [3.63, 3.8) is 0 Å². The average molecular weight is 273 g/mol. The summed E-state index contributed by atoms with van der Waals surface area (Å²) < 4.78 is 12.9. The van der Waals surface area contributed by atoms with Gasteiger partial charge in [-0.1, -0.05) is 12.1 Å². The largest absolute Gasteiger partial charge is 0.323 e. The molecule has 2 aromatic rings. The molecular weight excluding hydrogens is 253 g/mol. The first-order valence-corrected chi connectivity index (χ1v) is 6.68. The van der Waals surface area contributed by atoms with E-state index in [0.29, 0.717) is 0 Å². The van der Waals surface area contributed by atoms with E-state index in [2.05, 4.69) is 16.8 Å². The molecule has 0 amide bonds. The molecule has 0 saturated carbocycles. The molecular formula is C16H20FN3. The number of hydrogen-bond donors (Lipinski definition) is 1. The highest BCUT2D eigenvalue weighted by Gasteiger charge is 2.19. The first-order valence-electron chi connectivity index (χ1n) is 6.68. The Morgan fingerprint density at radius 3 is 2.35 bits per heavy atom. The van der Waals surface area contributed by atoms with Gasteiger partial charge in [0.15, 0.2) is 0 Å². The number of rotatable bonds is 5. The van der Waals surface area contributed by atoms with Crippen molar-refractivity contribution in [3.8, 4) is 0 Å². The number of hydrogen-bond acceptors (Lipinski definition) is 3. The fraction of sp³-hybridized carbons (Fsp3) is 0.312. The Bertz CT molecular complexity index is 527. The van der Waals surface area contributed by atoms with Crippen LogP contribution >= 0.6 is 0 Å². The zero-order valence-electron chi connectivity index (χ0n) is 11.8. The number of benzene rings is 1. The van der Waals surface area contributed by atoms with Crippen LogP contribution in [0.1, 0.15) is 24.1 Å². The molecule has 20 heavy (non-hydrogen) atoms. The van der Waals surface area contributed by atoms with E-state index in [-0.39, 0.29) is 17.9 Å². The molecule has 2 N–H and O–H groups in total. The van der Waals surface area contributed by atoms with E-state index in [0.717, 1.165) is 12.1 Å². The zero-order valence-corrected chi connectivity index (χ0v) is 11.8. The van der Waals surface area contributed by atoms with Gasteiger partial charge in [0.25, 0.3) is 0 Å². The Morgan fingerprint density at radius 2 is 1.75 bits per heavy atom. The quantitative estimate of drug-likeness (QED) is 0.911. The lowest BCUT2D eigenvalue weighted by Gasteiger charge is -2.30. The normalized spacial score (nSPS) is 14.2. The first kappa shape index (κ1) is 14.6. The fourth-order valence-corrected chi connectivity index (χ4v) is 2.16. The fourth-order valence-electron chi connectivity index (χ4n) is 2.16. The minimum atomic E-state index is -0.237. The maximum absolute atomic E-state index is 12.9. The van der Waals surface area contributed by atoms with Gasteiger partial charge >= 0.3 is 0 Å². The van der Waals surface area contributed by atoms with E-state index in [1.165, 1.54) is 17.7 Å². The third kappa shape index (κ3) is 3.62. The summed E-state index contributed by atoms with van der Waals surface area (Å²) in [5, 5.41) is 0. The van der Waals surface area contributed by atoms with Gasteiger partial charge < -0.3 is 5.73 Å².